The van der Waals surface area contributed by atoms with Crippen LogP contribution in [0.5, 0.6) is 5.75 Å². The van der Waals surface area contributed by atoms with Crippen molar-refractivity contribution < 1.29 is 17.9 Å². The number of carbonyl (C=O) groups is 1. The first-order chi connectivity index (χ1) is 14.4. The second-order valence-electron chi connectivity index (χ2n) is 6.20. The molecule has 0 fully saturated rings. The van der Waals surface area contributed by atoms with E-state index in [1.807, 2.05) is 0 Å². The van der Waals surface area contributed by atoms with Gasteiger partial charge in [0, 0.05) is 16.8 Å². The van der Waals surface area contributed by atoms with Crippen LogP contribution >= 0.6 is 11.6 Å². The highest BCUT2D eigenvalue weighted by atomic mass is 35.5. The van der Waals surface area contributed by atoms with E-state index in [9.17, 15) is 13.2 Å². The molecule has 3 rings (SSSR count). The number of hydrogen-bond donors (Lipinski definition) is 2. The third-order valence-electron chi connectivity index (χ3n) is 4.07. The topological polar surface area (TPSA) is 97.4 Å². The third kappa shape index (κ3) is 5.56. The van der Waals surface area contributed by atoms with E-state index in [4.69, 9.17) is 16.3 Å². The van der Waals surface area contributed by atoms with Crippen molar-refractivity contribution in [1.29, 1.82) is 0 Å². The number of sulfonamides is 1. The molecule has 30 heavy (non-hydrogen) atoms. The van der Waals surface area contributed by atoms with Crippen molar-refractivity contribution in [2.24, 2.45) is 0 Å². The van der Waals surface area contributed by atoms with Gasteiger partial charge in [-0.1, -0.05) is 23.7 Å². The SMILES string of the molecule is CCOc1ccc(S(=O)(=O)NCc2ccccn2)cc1NC(=O)c1cccc(Cl)c1. The molecule has 9 heteroatoms. The molecule has 0 radical (unpaired) electrons. The summed E-state index contributed by atoms with van der Waals surface area (Å²) in [5.41, 5.74) is 1.16. The average Bonchev–Trinajstić information content (AvgIpc) is 2.74. The van der Waals surface area contributed by atoms with Crippen LogP contribution in [0.3, 0.4) is 0 Å². The fourth-order valence-electron chi connectivity index (χ4n) is 2.63. The number of benzene rings is 2. The van der Waals surface area contributed by atoms with Gasteiger partial charge in [-0.15, -0.1) is 0 Å². The van der Waals surface area contributed by atoms with Crippen LogP contribution in [-0.4, -0.2) is 25.9 Å². The Morgan fingerprint density at radius 1 is 1.10 bits per heavy atom. The quantitative estimate of drug-likeness (QED) is 0.548. The summed E-state index contributed by atoms with van der Waals surface area (Å²) in [4.78, 5) is 16.7. The first-order valence-corrected chi connectivity index (χ1v) is 11.0. The number of rotatable bonds is 8. The lowest BCUT2D eigenvalue weighted by molar-refractivity contribution is 0.102. The van der Waals surface area contributed by atoms with Crippen molar-refractivity contribution >= 4 is 33.2 Å². The van der Waals surface area contributed by atoms with E-state index in [2.05, 4.69) is 15.0 Å². The fraction of sp³-hybridized carbons (Fsp3) is 0.143. The number of carbonyl (C=O) groups excluding carboxylic acids is 1. The molecule has 0 aliphatic carbocycles. The molecule has 0 unspecified atom stereocenters. The minimum absolute atomic E-state index is 0.0109. The molecule has 1 heterocycles. The van der Waals surface area contributed by atoms with Gasteiger partial charge in [-0.25, -0.2) is 13.1 Å². The molecule has 0 atom stereocenters. The van der Waals surface area contributed by atoms with Gasteiger partial charge in [-0.2, -0.15) is 0 Å². The lowest BCUT2D eigenvalue weighted by Gasteiger charge is -2.14. The molecule has 2 N–H and O–H groups in total. The number of nitrogens with one attached hydrogen (secondary N) is 2. The summed E-state index contributed by atoms with van der Waals surface area (Å²) in [6.45, 7) is 2.19. The molecule has 0 bridgehead atoms. The highest BCUT2D eigenvalue weighted by Gasteiger charge is 2.18. The Bertz CT molecular complexity index is 1140. The van der Waals surface area contributed by atoms with Crippen LogP contribution in [0.25, 0.3) is 0 Å². The smallest absolute Gasteiger partial charge is 0.255 e. The van der Waals surface area contributed by atoms with Crippen molar-refractivity contribution in [3.05, 3.63) is 83.1 Å². The normalized spacial score (nSPS) is 11.1. The Kier molecular flexibility index (Phi) is 7.04. The maximum absolute atomic E-state index is 12.7. The predicted octanol–water partition coefficient (Wildman–Crippen LogP) is 3.86. The molecule has 1 aromatic heterocycles. The van der Waals surface area contributed by atoms with E-state index < -0.39 is 15.9 Å². The standard InChI is InChI=1S/C21H20ClN3O4S/c1-2-29-20-10-9-18(30(27,28)24-14-17-8-3-4-11-23-17)13-19(20)25-21(26)15-6-5-7-16(22)12-15/h3-13,24H,2,14H2,1H3,(H,25,26). The van der Waals surface area contributed by atoms with E-state index in [0.29, 0.717) is 28.6 Å². The molecule has 0 saturated heterocycles. The second kappa shape index (κ2) is 9.71. The lowest BCUT2D eigenvalue weighted by Crippen LogP contribution is -2.24. The van der Waals surface area contributed by atoms with Crippen molar-refractivity contribution in [3.8, 4) is 5.75 Å². The number of aromatic nitrogens is 1. The van der Waals surface area contributed by atoms with Gasteiger partial charge < -0.3 is 10.1 Å². The zero-order valence-electron chi connectivity index (χ0n) is 16.1. The van der Waals surface area contributed by atoms with E-state index >= 15 is 0 Å². The van der Waals surface area contributed by atoms with Crippen LogP contribution in [0.2, 0.25) is 5.02 Å². The van der Waals surface area contributed by atoms with Crippen LogP contribution in [0.4, 0.5) is 5.69 Å². The summed E-state index contributed by atoms with van der Waals surface area (Å²) in [6, 6.07) is 16.0. The fourth-order valence-corrected chi connectivity index (χ4v) is 3.85. The average molecular weight is 446 g/mol. The largest absolute Gasteiger partial charge is 0.492 e. The zero-order valence-corrected chi connectivity index (χ0v) is 17.7. The number of anilines is 1. The minimum atomic E-state index is -3.84. The van der Waals surface area contributed by atoms with Gasteiger partial charge in [0.25, 0.3) is 5.91 Å². The Morgan fingerprint density at radius 2 is 1.93 bits per heavy atom. The molecule has 0 spiro atoms. The molecule has 0 saturated carbocycles. The van der Waals surface area contributed by atoms with Gasteiger partial charge >= 0.3 is 0 Å². The molecular weight excluding hydrogens is 426 g/mol. The summed E-state index contributed by atoms with van der Waals surface area (Å²) in [7, 11) is -3.84. The Hall–Kier alpha value is -2.94. The van der Waals surface area contributed by atoms with Gasteiger partial charge in [0.05, 0.1) is 29.4 Å². The predicted molar refractivity (Wildman–Crippen MR) is 115 cm³/mol. The second-order valence-corrected chi connectivity index (χ2v) is 8.40. The highest BCUT2D eigenvalue weighted by Crippen LogP contribution is 2.28. The van der Waals surface area contributed by atoms with Crippen LogP contribution < -0.4 is 14.8 Å². The molecule has 2 aromatic carbocycles. The lowest BCUT2D eigenvalue weighted by atomic mass is 10.2. The molecule has 156 valence electrons. The summed E-state index contributed by atoms with van der Waals surface area (Å²) < 4.78 is 33.5. The van der Waals surface area contributed by atoms with Crippen molar-refractivity contribution in [2.45, 2.75) is 18.4 Å². The first kappa shape index (κ1) is 21.8. The van der Waals surface area contributed by atoms with Crippen LogP contribution in [0.15, 0.2) is 71.8 Å². The highest BCUT2D eigenvalue weighted by molar-refractivity contribution is 7.89. The number of halogens is 1. The van der Waals surface area contributed by atoms with Crippen molar-refractivity contribution in [2.75, 3.05) is 11.9 Å². The number of nitrogens with zero attached hydrogens (tertiary/aromatic N) is 1. The molecule has 0 aliphatic heterocycles. The number of pyridine rings is 1. The van der Waals surface area contributed by atoms with Gasteiger partial charge in [0.15, 0.2) is 0 Å². The van der Waals surface area contributed by atoms with Gasteiger partial charge in [0.1, 0.15) is 5.75 Å². The summed E-state index contributed by atoms with van der Waals surface area (Å²) >= 11 is 5.95. The first-order valence-electron chi connectivity index (χ1n) is 9.12. The Balaban J connectivity index is 1.85. The van der Waals surface area contributed by atoms with E-state index in [0.717, 1.165) is 0 Å². The maximum Gasteiger partial charge on any atom is 0.255 e. The molecule has 0 aliphatic rings. The zero-order chi connectivity index (χ0) is 21.6. The van der Waals surface area contributed by atoms with E-state index in [1.54, 1.807) is 49.5 Å². The van der Waals surface area contributed by atoms with E-state index in [1.165, 1.54) is 24.3 Å². The number of ether oxygens (including phenoxy) is 1. The van der Waals surface area contributed by atoms with Crippen LogP contribution in [0.1, 0.15) is 23.0 Å². The molecule has 3 aromatic rings. The van der Waals surface area contributed by atoms with E-state index in [-0.39, 0.29) is 17.1 Å². The monoisotopic (exact) mass is 445 g/mol. The molecule has 7 nitrogen and oxygen atoms in total. The molecule has 1 amide bonds. The number of amides is 1. The Morgan fingerprint density at radius 3 is 2.63 bits per heavy atom. The number of hydrogen-bond acceptors (Lipinski definition) is 5. The summed E-state index contributed by atoms with van der Waals surface area (Å²) in [5.74, 6) is -0.0778. The third-order valence-corrected chi connectivity index (χ3v) is 5.70. The van der Waals surface area contributed by atoms with Crippen LogP contribution in [0, 0.1) is 0 Å². The summed E-state index contributed by atoms with van der Waals surface area (Å²) in [5, 5.41) is 3.12. The van der Waals surface area contributed by atoms with Crippen molar-refractivity contribution in [1.82, 2.24) is 9.71 Å². The van der Waals surface area contributed by atoms with Gasteiger partial charge in [-0.05, 0) is 55.5 Å². The van der Waals surface area contributed by atoms with Gasteiger partial charge in [0.2, 0.25) is 10.0 Å². The maximum atomic E-state index is 12.7. The van der Waals surface area contributed by atoms with Gasteiger partial charge in [-0.3, -0.25) is 9.78 Å². The minimum Gasteiger partial charge on any atom is -0.492 e. The molecular formula is C21H20ClN3O4S. The summed E-state index contributed by atoms with van der Waals surface area (Å²) in [6.07, 6.45) is 1.59. The van der Waals surface area contributed by atoms with Crippen molar-refractivity contribution in [3.63, 3.8) is 0 Å². The van der Waals surface area contributed by atoms with Crippen LogP contribution in [-0.2, 0) is 16.6 Å². The Labute approximate surface area is 180 Å².